The number of rotatable bonds is 4. The van der Waals surface area contributed by atoms with Gasteiger partial charge in [0.25, 0.3) is 0 Å². The van der Waals surface area contributed by atoms with E-state index in [1.165, 1.54) is 5.56 Å². The standard InChI is InChI=1S/C10H11ClO/c11-10-6-4-9(5-7-10)3-1-2-8-12/h4-8H,1-3H2. The first-order valence-corrected chi connectivity index (χ1v) is 4.39. The van der Waals surface area contributed by atoms with Crippen LogP contribution in [-0.2, 0) is 11.2 Å². The minimum absolute atomic E-state index is 0.641. The van der Waals surface area contributed by atoms with Crippen LogP contribution in [-0.4, -0.2) is 6.29 Å². The Balaban J connectivity index is 2.42. The molecule has 0 heterocycles. The number of benzene rings is 1. The number of unbranched alkanes of at least 4 members (excludes halogenated alkanes) is 1. The molecule has 1 aromatic carbocycles. The van der Waals surface area contributed by atoms with Crippen molar-refractivity contribution < 1.29 is 4.79 Å². The van der Waals surface area contributed by atoms with Crippen molar-refractivity contribution in [1.82, 2.24) is 0 Å². The number of carbonyl (C=O) groups excluding carboxylic acids is 1. The summed E-state index contributed by atoms with van der Waals surface area (Å²) in [7, 11) is 0. The fourth-order valence-corrected chi connectivity index (χ4v) is 1.17. The minimum Gasteiger partial charge on any atom is -0.303 e. The van der Waals surface area contributed by atoms with E-state index in [0.717, 1.165) is 24.2 Å². The van der Waals surface area contributed by atoms with Crippen LogP contribution in [0.5, 0.6) is 0 Å². The third kappa shape index (κ3) is 3.05. The molecule has 0 radical (unpaired) electrons. The van der Waals surface area contributed by atoms with E-state index in [2.05, 4.69) is 0 Å². The third-order valence-corrected chi connectivity index (χ3v) is 1.95. The molecule has 0 saturated carbocycles. The third-order valence-electron chi connectivity index (χ3n) is 1.70. The number of hydrogen-bond acceptors (Lipinski definition) is 1. The molecule has 0 unspecified atom stereocenters. The maximum atomic E-state index is 10.0. The average molecular weight is 183 g/mol. The summed E-state index contributed by atoms with van der Waals surface area (Å²) in [5.74, 6) is 0. The molecule has 0 aliphatic rings. The lowest BCUT2D eigenvalue weighted by atomic mass is 10.1. The number of carbonyl (C=O) groups is 1. The lowest BCUT2D eigenvalue weighted by Crippen LogP contribution is -1.85. The molecule has 0 aromatic heterocycles. The Kier molecular flexibility index (Phi) is 3.81. The van der Waals surface area contributed by atoms with Crippen LogP contribution in [0.3, 0.4) is 0 Å². The Hall–Kier alpha value is -0.820. The maximum Gasteiger partial charge on any atom is 0.120 e. The zero-order valence-corrected chi connectivity index (χ0v) is 7.55. The predicted octanol–water partition coefficient (Wildman–Crippen LogP) is 2.86. The van der Waals surface area contributed by atoms with Gasteiger partial charge in [-0.15, -0.1) is 0 Å². The second-order valence-electron chi connectivity index (χ2n) is 2.69. The lowest BCUT2D eigenvalue weighted by molar-refractivity contribution is -0.107. The normalized spacial score (nSPS) is 9.75. The summed E-state index contributed by atoms with van der Waals surface area (Å²) in [5.41, 5.74) is 1.24. The van der Waals surface area contributed by atoms with Crippen LogP contribution in [0.4, 0.5) is 0 Å². The molecule has 1 rings (SSSR count). The zero-order chi connectivity index (χ0) is 8.81. The van der Waals surface area contributed by atoms with Gasteiger partial charge < -0.3 is 4.79 Å². The Morgan fingerprint density at radius 3 is 2.50 bits per heavy atom. The molecule has 0 spiro atoms. The first-order valence-electron chi connectivity index (χ1n) is 4.01. The molecule has 0 bridgehead atoms. The number of hydrogen-bond donors (Lipinski definition) is 0. The van der Waals surface area contributed by atoms with E-state index >= 15 is 0 Å². The highest BCUT2D eigenvalue weighted by atomic mass is 35.5. The summed E-state index contributed by atoms with van der Waals surface area (Å²) >= 11 is 5.72. The van der Waals surface area contributed by atoms with E-state index in [4.69, 9.17) is 11.6 Å². The predicted molar refractivity (Wildman–Crippen MR) is 50.5 cm³/mol. The molecule has 0 aliphatic heterocycles. The van der Waals surface area contributed by atoms with Crippen LogP contribution >= 0.6 is 11.6 Å². The monoisotopic (exact) mass is 182 g/mol. The van der Waals surface area contributed by atoms with Crippen molar-refractivity contribution in [2.75, 3.05) is 0 Å². The summed E-state index contributed by atoms with van der Waals surface area (Å²) in [6, 6.07) is 7.73. The van der Waals surface area contributed by atoms with Crippen LogP contribution in [0.1, 0.15) is 18.4 Å². The first kappa shape index (κ1) is 9.27. The Bertz CT molecular complexity index is 241. The smallest absolute Gasteiger partial charge is 0.120 e. The van der Waals surface area contributed by atoms with Crippen LogP contribution < -0.4 is 0 Å². The molecular formula is C10H11ClO. The van der Waals surface area contributed by atoms with Crippen molar-refractivity contribution in [3.8, 4) is 0 Å². The lowest BCUT2D eigenvalue weighted by Gasteiger charge is -1.97. The molecule has 0 amide bonds. The van der Waals surface area contributed by atoms with Gasteiger partial charge in [-0.05, 0) is 30.5 Å². The van der Waals surface area contributed by atoms with Gasteiger partial charge in [0.1, 0.15) is 6.29 Å². The minimum atomic E-state index is 0.641. The molecule has 0 N–H and O–H groups in total. The number of aldehydes is 1. The molecule has 1 aromatic rings. The second-order valence-corrected chi connectivity index (χ2v) is 3.12. The fraction of sp³-hybridized carbons (Fsp3) is 0.300. The summed E-state index contributed by atoms with van der Waals surface area (Å²) in [6.07, 6.45) is 3.47. The van der Waals surface area contributed by atoms with Gasteiger partial charge in [0, 0.05) is 11.4 Å². The molecule has 1 nitrogen and oxygen atoms in total. The van der Waals surface area contributed by atoms with Crippen molar-refractivity contribution in [2.24, 2.45) is 0 Å². The molecule has 0 atom stereocenters. The van der Waals surface area contributed by atoms with Gasteiger partial charge in [-0.1, -0.05) is 23.7 Å². The Morgan fingerprint density at radius 1 is 1.25 bits per heavy atom. The number of aryl methyl sites for hydroxylation is 1. The van der Waals surface area contributed by atoms with Crippen molar-refractivity contribution in [1.29, 1.82) is 0 Å². The number of halogens is 1. The van der Waals surface area contributed by atoms with E-state index in [1.807, 2.05) is 24.3 Å². The Morgan fingerprint density at radius 2 is 1.92 bits per heavy atom. The average Bonchev–Trinajstić information content (AvgIpc) is 2.09. The van der Waals surface area contributed by atoms with E-state index in [0.29, 0.717) is 6.42 Å². The van der Waals surface area contributed by atoms with Gasteiger partial charge in [-0.25, -0.2) is 0 Å². The summed E-state index contributed by atoms with van der Waals surface area (Å²) in [4.78, 5) is 10.0. The van der Waals surface area contributed by atoms with Crippen molar-refractivity contribution >= 4 is 17.9 Å². The molecule has 0 aliphatic carbocycles. The Labute approximate surface area is 77.4 Å². The van der Waals surface area contributed by atoms with Gasteiger partial charge in [0.05, 0.1) is 0 Å². The van der Waals surface area contributed by atoms with Gasteiger partial charge in [-0.3, -0.25) is 0 Å². The quantitative estimate of drug-likeness (QED) is 0.517. The highest BCUT2D eigenvalue weighted by Crippen LogP contribution is 2.11. The maximum absolute atomic E-state index is 10.0. The molecule has 12 heavy (non-hydrogen) atoms. The molecule has 0 fully saturated rings. The highest BCUT2D eigenvalue weighted by Gasteiger charge is 1.92. The zero-order valence-electron chi connectivity index (χ0n) is 6.79. The molecule has 0 saturated heterocycles. The second kappa shape index (κ2) is 4.94. The molecule has 2 heteroatoms. The van der Waals surface area contributed by atoms with Gasteiger partial charge >= 0.3 is 0 Å². The van der Waals surface area contributed by atoms with Gasteiger partial charge in [0.15, 0.2) is 0 Å². The van der Waals surface area contributed by atoms with Crippen molar-refractivity contribution in [3.05, 3.63) is 34.9 Å². The fourth-order valence-electron chi connectivity index (χ4n) is 1.04. The van der Waals surface area contributed by atoms with Crippen LogP contribution in [0.15, 0.2) is 24.3 Å². The molecular weight excluding hydrogens is 172 g/mol. The summed E-state index contributed by atoms with van der Waals surface area (Å²) in [6.45, 7) is 0. The van der Waals surface area contributed by atoms with Crippen LogP contribution in [0.2, 0.25) is 5.02 Å². The van der Waals surface area contributed by atoms with Crippen molar-refractivity contribution in [2.45, 2.75) is 19.3 Å². The highest BCUT2D eigenvalue weighted by molar-refractivity contribution is 6.30. The summed E-state index contributed by atoms with van der Waals surface area (Å²) < 4.78 is 0. The van der Waals surface area contributed by atoms with E-state index in [-0.39, 0.29) is 0 Å². The van der Waals surface area contributed by atoms with Gasteiger partial charge in [0.2, 0.25) is 0 Å². The van der Waals surface area contributed by atoms with E-state index in [1.54, 1.807) is 0 Å². The SMILES string of the molecule is O=CCCCc1ccc(Cl)cc1. The first-order chi connectivity index (χ1) is 5.83. The largest absolute Gasteiger partial charge is 0.303 e. The topological polar surface area (TPSA) is 17.1 Å². The summed E-state index contributed by atoms with van der Waals surface area (Å²) in [5, 5.41) is 0.758. The van der Waals surface area contributed by atoms with Gasteiger partial charge in [-0.2, -0.15) is 0 Å². The van der Waals surface area contributed by atoms with Crippen LogP contribution in [0.25, 0.3) is 0 Å². The molecule has 64 valence electrons. The van der Waals surface area contributed by atoms with E-state index in [9.17, 15) is 4.79 Å². The van der Waals surface area contributed by atoms with Crippen molar-refractivity contribution in [3.63, 3.8) is 0 Å². The van der Waals surface area contributed by atoms with Crippen LogP contribution in [0, 0.1) is 0 Å². The van der Waals surface area contributed by atoms with E-state index < -0.39 is 0 Å².